The van der Waals surface area contributed by atoms with Gasteiger partial charge >= 0.3 is 0 Å². The van der Waals surface area contributed by atoms with Crippen molar-refractivity contribution in [1.29, 1.82) is 0 Å². The van der Waals surface area contributed by atoms with Crippen LogP contribution in [0, 0.1) is 0 Å². The van der Waals surface area contributed by atoms with E-state index in [9.17, 15) is 0 Å². The van der Waals surface area contributed by atoms with Crippen molar-refractivity contribution in [2.75, 3.05) is 19.0 Å². The fourth-order valence-corrected chi connectivity index (χ4v) is 0.999. The molecule has 0 radical (unpaired) electrons. The van der Waals surface area contributed by atoms with E-state index in [1.54, 1.807) is 14.0 Å². The van der Waals surface area contributed by atoms with E-state index in [1.807, 2.05) is 24.3 Å². The molecule has 0 saturated heterocycles. The van der Waals surface area contributed by atoms with Crippen LogP contribution < -0.4 is 10.1 Å². The number of aliphatic hydroxyl groups is 1. The summed E-state index contributed by atoms with van der Waals surface area (Å²) in [6.45, 7) is 2.29. The Morgan fingerprint density at radius 2 is 2.31 bits per heavy atom. The molecule has 0 aliphatic rings. The van der Waals surface area contributed by atoms with Gasteiger partial charge < -0.3 is 15.2 Å². The first kappa shape index (κ1) is 9.86. The molecule has 1 rings (SSSR count). The Balaban J connectivity index is 2.56. The maximum atomic E-state index is 9.05. The van der Waals surface area contributed by atoms with Gasteiger partial charge in [-0.3, -0.25) is 0 Å². The van der Waals surface area contributed by atoms with Crippen LogP contribution in [0.4, 0.5) is 5.69 Å². The summed E-state index contributed by atoms with van der Waals surface area (Å²) in [5, 5.41) is 12.1. The molecule has 2 N–H and O–H groups in total. The van der Waals surface area contributed by atoms with Crippen LogP contribution in [0.1, 0.15) is 6.92 Å². The van der Waals surface area contributed by atoms with Gasteiger partial charge in [0.1, 0.15) is 5.75 Å². The van der Waals surface area contributed by atoms with E-state index >= 15 is 0 Å². The number of methoxy groups -OCH3 is 1. The molecular weight excluding hydrogens is 166 g/mol. The van der Waals surface area contributed by atoms with Crippen LogP contribution >= 0.6 is 0 Å². The smallest absolute Gasteiger partial charge is 0.120 e. The first-order valence-corrected chi connectivity index (χ1v) is 4.28. The van der Waals surface area contributed by atoms with Crippen molar-refractivity contribution in [3.63, 3.8) is 0 Å². The van der Waals surface area contributed by atoms with Crippen LogP contribution in [0.15, 0.2) is 24.3 Å². The minimum absolute atomic E-state index is 0.341. The second kappa shape index (κ2) is 4.72. The summed E-state index contributed by atoms with van der Waals surface area (Å²) in [7, 11) is 1.63. The van der Waals surface area contributed by atoms with Crippen LogP contribution in [-0.2, 0) is 0 Å². The minimum Gasteiger partial charge on any atom is -0.497 e. The van der Waals surface area contributed by atoms with E-state index in [-0.39, 0.29) is 6.10 Å². The van der Waals surface area contributed by atoms with Crippen molar-refractivity contribution in [3.05, 3.63) is 24.3 Å². The third kappa shape index (κ3) is 3.34. The molecule has 0 saturated carbocycles. The first-order valence-electron chi connectivity index (χ1n) is 4.28. The minimum atomic E-state index is -0.341. The zero-order valence-electron chi connectivity index (χ0n) is 7.95. The predicted octanol–water partition coefficient (Wildman–Crippen LogP) is 1.49. The summed E-state index contributed by atoms with van der Waals surface area (Å²) in [6, 6.07) is 7.62. The van der Waals surface area contributed by atoms with Crippen molar-refractivity contribution >= 4 is 5.69 Å². The average Bonchev–Trinajstić information content (AvgIpc) is 2.15. The maximum absolute atomic E-state index is 9.05. The van der Waals surface area contributed by atoms with Gasteiger partial charge in [-0.15, -0.1) is 0 Å². The second-order valence-corrected chi connectivity index (χ2v) is 2.96. The second-order valence-electron chi connectivity index (χ2n) is 2.96. The molecular formula is C10H15NO2. The molecule has 13 heavy (non-hydrogen) atoms. The zero-order chi connectivity index (χ0) is 9.68. The largest absolute Gasteiger partial charge is 0.497 e. The molecule has 0 unspecified atom stereocenters. The topological polar surface area (TPSA) is 41.5 Å². The maximum Gasteiger partial charge on any atom is 0.120 e. The highest BCUT2D eigenvalue weighted by Crippen LogP contribution is 2.16. The fraction of sp³-hybridized carbons (Fsp3) is 0.400. The summed E-state index contributed by atoms with van der Waals surface area (Å²) >= 11 is 0. The summed E-state index contributed by atoms with van der Waals surface area (Å²) < 4.78 is 5.06. The molecule has 0 aliphatic carbocycles. The summed E-state index contributed by atoms with van der Waals surface area (Å²) in [4.78, 5) is 0. The number of hydrogen-bond donors (Lipinski definition) is 2. The number of benzene rings is 1. The summed E-state index contributed by atoms with van der Waals surface area (Å²) in [5.74, 6) is 0.815. The molecule has 0 aliphatic heterocycles. The quantitative estimate of drug-likeness (QED) is 0.739. The van der Waals surface area contributed by atoms with Crippen LogP contribution in [-0.4, -0.2) is 24.9 Å². The Kier molecular flexibility index (Phi) is 3.58. The van der Waals surface area contributed by atoms with E-state index < -0.39 is 0 Å². The number of nitrogens with one attached hydrogen (secondary N) is 1. The molecule has 0 amide bonds. The Labute approximate surface area is 78.3 Å². The molecule has 3 nitrogen and oxygen atoms in total. The molecule has 0 spiro atoms. The number of rotatable bonds is 4. The molecule has 1 aromatic carbocycles. The van der Waals surface area contributed by atoms with Gasteiger partial charge in [0, 0.05) is 18.3 Å². The van der Waals surface area contributed by atoms with E-state index in [1.165, 1.54) is 0 Å². The van der Waals surface area contributed by atoms with E-state index in [0.29, 0.717) is 6.54 Å². The third-order valence-electron chi connectivity index (χ3n) is 1.67. The van der Waals surface area contributed by atoms with Gasteiger partial charge in [-0.05, 0) is 19.1 Å². The Hall–Kier alpha value is -1.22. The lowest BCUT2D eigenvalue weighted by atomic mass is 10.3. The first-order chi connectivity index (χ1) is 6.22. The summed E-state index contributed by atoms with van der Waals surface area (Å²) in [6.07, 6.45) is -0.341. The fourth-order valence-electron chi connectivity index (χ4n) is 0.999. The van der Waals surface area contributed by atoms with Gasteiger partial charge in [0.2, 0.25) is 0 Å². The molecule has 3 heteroatoms. The van der Waals surface area contributed by atoms with Crippen LogP contribution in [0.2, 0.25) is 0 Å². The van der Waals surface area contributed by atoms with Crippen molar-refractivity contribution in [1.82, 2.24) is 0 Å². The number of anilines is 1. The normalized spacial score (nSPS) is 12.2. The van der Waals surface area contributed by atoms with Gasteiger partial charge in [-0.2, -0.15) is 0 Å². The highest BCUT2D eigenvalue weighted by molar-refractivity contribution is 5.48. The van der Waals surface area contributed by atoms with E-state index in [0.717, 1.165) is 11.4 Å². The molecule has 0 bridgehead atoms. The number of hydrogen-bond acceptors (Lipinski definition) is 3. The van der Waals surface area contributed by atoms with E-state index in [4.69, 9.17) is 9.84 Å². The zero-order valence-corrected chi connectivity index (χ0v) is 7.95. The van der Waals surface area contributed by atoms with Crippen LogP contribution in [0.3, 0.4) is 0 Å². The van der Waals surface area contributed by atoms with Crippen LogP contribution in [0.25, 0.3) is 0 Å². The Morgan fingerprint density at radius 1 is 1.54 bits per heavy atom. The van der Waals surface area contributed by atoms with Gasteiger partial charge in [-0.25, -0.2) is 0 Å². The van der Waals surface area contributed by atoms with Crippen molar-refractivity contribution in [2.45, 2.75) is 13.0 Å². The lowest BCUT2D eigenvalue weighted by Crippen LogP contribution is -2.15. The van der Waals surface area contributed by atoms with Crippen molar-refractivity contribution in [2.24, 2.45) is 0 Å². The van der Waals surface area contributed by atoms with Gasteiger partial charge in [0.15, 0.2) is 0 Å². The molecule has 0 aromatic heterocycles. The van der Waals surface area contributed by atoms with E-state index in [2.05, 4.69) is 5.32 Å². The highest BCUT2D eigenvalue weighted by atomic mass is 16.5. The monoisotopic (exact) mass is 181 g/mol. The molecule has 1 aromatic rings. The van der Waals surface area contributed by atoms with Gasteiger partial charge in [0.25, 0.3) is 0 Å². The Bertz CT molecular complexity index is 261. The standard InChI is InChI=1S/C10H15NO2/c1-8(12)7-11-9-4-3-5-10(6-9)13-2/h3-6,8,11-12H,7H2,1-2H3/t8-/m0/s1. The third-order valence-corrected chi connectivity index (χ3v) is 1.67. The number of aliphatic hydroxyl groups excluding tert-OH is 1. The van der Waals surface area contributed by atoms with Crippen LogP contribution in [0.5, 0.6) is 5.75 Å². The van der Waals surface area contributed by atoms with Gasteiger partial charge in [-0.1, -0.05) is 6.07 Å². The molecule has 0 heterocycles. The summed E-state index contributed by atoms with van der Waals surface area (Å²) in [5.41, 5.74) is 0.959. The molecule has 1 atom stereocenters. The highest BCUT2D eigenvalue weighted by Gasteiger charge is 1.97. The Morgan fingerprint density at radius 3 is 2.92 bits per heavy atom. The molecule has 0 fully saturated rings. The number of ether oxygens (including phenoxy) is 1. The van der Waals surface area contributed by atoms with Gasteiger partial charge in [0.05, 0.1) is 13.2 Å². The molecule has 72 valence electrons. The SMILES string of the molecule is COc1cccc(NC[C@H](C)O)c1. The van der Waals surface area contributed by atoms with Crippen molar-refractivity contribution in [3.8, 4) is 5.75 Å². The predicted molar refractivity (Wildman–Crippen MR) is 53.2 cm³/mol. The lowest BCUT2D eigenvalue weighted by molar-refractivity contribution is 0.208. The average molecular weight is 181 g/mol. The lowest BCUT2D eigenvalue weighted by Gasteiger charge is -2.09. The van der Waals surface area contributed by atoms with Crippen molar-refractivity contribution < 1.29 is 9.84 Å².